The third-order valence-electron chi connectivity index (χ3n) is 7.81. The molecular formula is C35H41N5O3. The lowest BCUT2D eigenvalue weighted by molar-refractivity contribution is -0.134. The number of benzene rings is 3. The Morgan fingerprint density at radius 3 is 2.23 bits per heavy atom. The van der Waals surface area contributed by atoms with E-state index in [-0.39, 0.29) is 24.0 Å². The molecule has 0 atom stereocenters. The number of amides is 3. The Morgan fingerprint density at radius 1 is 0.907 bits per heavy atom. The summed E-state index contributed by atoms with van der Waals surface area (Å²) in [6.45, 7) is 9.92. The van der Waals surface area contributed by atoms with Crippen LogP contribution in [0.15, 0.2) is 84.9 Å². The van der Waals surface area contributed by atoms with E-state index in [4.69, 9.17) is 9.84 Å². The van der Waals surface area contributed by atoms with Gasteiger partial charge in [0.25, 0.3) is 5.91 Å². The SMILES string of the molecule is Cc1ccc(-n2nc(C(C)(C)C)cc2NC(=O)Nc2ccc(CC3CCN(C(=O)COc4ccccc4)CC3)cc2)cc1. The van der Waals surface area contributed by atoms with Gasteiger partial charge in [-0.05, 0) is 74.1 Å². The number of carbonyl (C=O) groups excluding carboxylic acids is 2. The Morgan fingerprint density at radius 2 is 1.58 bits per heavy atom. The molecule has 8 heteroatoms. The van der Waals surface area contributed by atoms with Gasteiger partial charge in [0.05, 0.1) is 11.4 Å². The van der Waals surface area contributed by atoms with E-state index < -0.39 is 0 Å². The average molecular weight is 580 g/mol. The number of aromatic nitrogens is 2. The van der Waals surface area contributed by atoms with E-state index in [2.05, 4.69) is 43.5 Å². The Hall–Kier alpha value is -4.59. The molecule has 0 aliphatic carbocycles. The van der Waals surface area contributed by atoms with Crippen molar-refractivity contribution in [3.05, 3.63) is 102 Å². The van der Waals surface area contributed by atoms with E-state index in [0.29, 0.717) is 17.5 Å². The third-order valence-corrected chi connectivity index (χ3v) is 7.81. The van der Waals surface area contributed by atoms with Crippen LogP contribution in [0.4, 0.5) is 16.3 Å². The highest BCUT2D eigenvalue weighted by atomic mass is 16.5. The molecule has 224 valence electrons. The normalized spacial score (nSPS) is 13.9. The van der Waals surface area contributed by atoms with Gasteiger partial charge in [-0.15, -0.1) is 0 Å². The van der Waals surface area contributed by atoms with Crippen LogP contribution in [0.3, 0.4) is 0 Å². The molecule has 3 aromatic carbocycles. The van der Waals surface area contributed by atoms with Gasteiger partial charge in [-0.25, -0.2) is 9.48 Å². The topological polar surface area (TPSA) is 88.5 Å². The van der Waals surface area contributed by atoms with Crippen LogP contribution in [0.1, 0.15) is 50.4 Å². The first-order valence-electron chi connectivity index (χ1n) is 14.9. The Bertz CT molecular complexity index is 1510. The van der Waals surface area contributed by atoms with Crippen molar-refractivity contribution < 1.29 is 14.3 Å². The number of rotatable bonds is 8. The monoisotopic (exact) mass is 579 g/mol. The lowest BCUT2D eigenvalue weighted by Crippen LogP contribution is -2.41. The maximum atomic E-state index is 13.0. The van der Waals surface area contributed by atoms with Gasteiger partial charge in [-0.2, -0.15) is 5.10 Å². The first-order chi connectivity index (χ1) is 20.6. The maximum Gasteiger partial charge on any atom is 0.324 e. The molecule has 4 aromatic rings. The largest absolute Gasteiger partial charge is 0.484 e. The van der Waals surface area contributed by atoms with Crippen molar-refractivity contribution in [1.29, 1.82) is 0 Å². The Kier molecular flexibility index (Phi) is 9.14. The lowest BCUT2D eigenvalue weighted by Gasteiger charge is -2.32. The molecule has 1 aliphatic heterocycles. The molecule has 0 saturated carbocycles. The van der Waals surface area contributed by atoms with Crippen LogP contribution in [-0.2, 0) is 16.6 Å². The molecule has 43 heavy (non-hydrogen) atoms. The van der Waals surface area contributed by atoms with Crippen LogP contribution in [0, 0.1) is 12.8 Å². The fourth-order valence-corrected chi connectivity index (χ4v) is 5.20. The summed E-state index contributed by atoms with van der Waals surface area (Å²) >= 11 is 0. The Labute approximate surface area is 254 Å². The number of anilines is 2. The minimum Gasteiger partial charge on any atom is -0.484 e. The van der Waals surface area contributed by atoms with Gasteiger partial charge < -0.3 is 15.0 Å². The number of nitrogens with zero attached hydrogens (tertiary/aromatic N) is 3. The summed E-state index contributed by atoms with van der Waals surface area (Å²) in [7, 11) is 0. The second-order valence-electron chi connectivity index (χ2n) is 12.3. The van der Waals surface area contributed by atoms with Crippen LogP contribution in [0.5, 0.6) is 5.75 Å². The minimum absolute atomic E-state index is 0.0348. The molecule has 1 saturated heterocycles. The molecule has 3 amide bonds. The second-order valence-corrected chi connectivity index (χ2v) is 12.3. The molecule has 0 unspecified atom stereocenters. The van der Waals surface area contributed by atoms with Crippen LogP contribution in [0.25, 0.3) is 5.69 Å². The van der Waals surface area contributed by atoms with Gasteiger partial charge >= 0.3 is 6.03 Å². The number of carbonyl (C=O) groups is 2. The van der Waals surface area contributed by atoms with Crippen molar-refractivity contribution in [3.63, 3.8) is 0 Å². The number of ether oxygens (including phenoxy) is 1. The molecule has 2 heterocycles. The van der Waals surface area contributed by atoms with Crippen molar-refractivity contribution in [2.24, 2.45) is 5.92 Å². The highest BCUT2D eigenvalue weighted by molar-refractivity contribution is 5.99. The predicted molar refractivity (Wildman–Crippen MR) is 171 cm³/mol. The van der Waals surface area contributed by atoms with E-state index in [1.807, 2.05) is 84.6 Å². The lowest BCUT2D eigenvalue weighted by atomic mass is 9.90. The number of likely N-dealkylation sites (tertiary alicyclic amines) is 1. The summed E-state index contributed by atoms with van der Waals surface area (Å²) in [5.41, 5.74) is 4.71. The fourth-order valence-electron chi connectivity index (χ4n) is 5.20. The molecule has 0 spiro atoms. The zero-order valence-corrected chi connectivity index (χ0v) is 25.5. The van der Waals surface area contributed by atoms with Crippen LogP contribution in [-0.4, -0.2) is 46.3 Å². The molecule has 5 rings (SSSR count). The van der Waals surface area contributed by atoms with Gasteiger partial charge in [0.15, 0.2) is 6.61 Å². The van der Waals surface area contributed by atoms with Crippen molar-refractivity contribution in [3.8, 4) is 11.4 Å². The van der Waals surface area contributed by atoms with Gasteiger partial charge in [0.2, 0.25) is 0 Å². The highest BCUT2D eigenvalue weighted by Gasteiger charge is 2.24. The summed E-state index contributed by atoms with van der Waals surface area (Å²) in [6, 6.07) is 27.1. The molecule has 1 aliphatic rings. The summed E-state index contributed by atoms with van der Waals surface area (Å²) < 4.78 is 7.41. The van der Waals surface area contributed by atoms with Crippen molar-refractivity contribution in [1.82, 2.24) is 14.7 Å². The number of nitrogens with one attached hydrogen (secondary N) is 2. The van der Waals surface area contributed by atoms with Gasteiger partial charge in [-0.3, -0.25) is 10.1 Å². The Balaban J connectivity index is 1.12. The number of para-hydroxylation sites is 1. The molecule has 2 N–H and O–H groups in total. The summed E-state index contributed by atoms with van der Waals surface area (Å²) in [6.07, 6.45) is 2.87. The maximum absolute atomic E-state index is 13.0. The van der Waals surface area contributed by atoms with Crippen LogP contribution >= 0.6 is 0 Å². The van der Waals surface area contributed by atoms with E-state index in [9.17, 15) is 9.59 Å². The number of hydrogen-bond acceptors (Lipinski definition) is 4. The molecule has 1 aromatic heterocycles. The van der Waals surface area contributed by atoms with Crippen molar-refractivity contribution >= 4 is 23.4 Å². The number of aryl methyl sites for hydroxylation is 1. The van der Waals surface area contributed by atoms with Gasteiger partial charge in [0.1, 0.15) is 11.6 Å². The molecule has 1 fully saturated rings. The number of urea groups is 1. The molecule has 8 nitrogen and oxygen atoms in total. The summed E-state index contributed by atoms with van der Waals surface area (Å²) in [5, 5.41) is 10.7. The van der Waals surface area contributed by atoms with Crippen molar-refractivity contribution in [2.75, 3.05) is 30.3 Å². The predicted octanol–water partition coefficient (Wildman–Crippen LogP) is 6.98. The quantitative estimate of drug-likeness (QED) is 0.236. The third kappa shape index (κ3) is 8.03. The first-order valence-corrected chi connectivity index (χ1v) is 14.9. The molecular weight excluding hydrogens is 538 g/mol. The summed E-state index contributed by atoms with van der Waals surface area (Å²) in [4.78, 5) is 27.5. The average Bonchev–Trinajstić information content (AvgIpc) is 3.42. The van der Waals surface area contributed by atoms with Gasteiger partial charge in [-0.1, -0.05) is 68.8 Å². The second kappa shape index (κ2) is 13.2. The summed E-state index contributed by atoms with van der Waals surface area (Å²) in [5.74, 6) is 1.87. The first kappa shape index (κ1) is 29.9. The van der Waals surface area contributed by atoms with Crippen LogP contribution in [0.2, 0.25) is 0 Å². The number of piperidine rings is 1. The molecule has 0 bridgehead atoms. The smallest absolute Gasteiger partial charge is 0.324 e. The van der Waals surface area contributed by atoms with E-state index in [1.54, 1.807) is 4.68 Å². The van der Waals surface area contributed by atoms with Gasteiger partial charge in [0, 0.05) is 30.3 Å². The minimum atomic E-state index is -0.324. The van der Waals surface area contributed by atoms with E-state index in [1.165, 1.54) is 5.56 Å². The van der Waals surface area contributed by atoms with E-state index in [0.717, 1.165) is 55.0 Å². The highest BCUT2D eigenvalue weighted by Crippen LogP contribution is 2.27. The van der Waals surface area contributed by atoms with Crippen LogP contribution < -0.4 is 15.4 Å². The molecule has 0 radical (unpaired) electrons. The number of hydrogen-bond donors (Lipinski definition) is 2. The fraction of sp³-hybridized carbons (Fsp3) is 0.343. The zero-order valence-electron chi connectivity index (χ0n) is 25.5. The van der Waals surface area contributed by atoms with E-state index >= 15 is 0 Å². The zero-order chi connectivity index (χ0) is 30.4. The standard InChI is InChI=1S/C35H41N5O3/c1-25-10-16-29(17-11-25)40-32(23-31(38-40)35(2,3)4)37-34(42)36-28-14-12-26(13-15-28)22-27-18-20-39(21-19-27)33(41)24-43-30-8-6-5-7-9-30/h5-17,23,27H,18-22,24H2,1-4H3,(H2,36,37,42). The van der Waals surface area contributed by atoms with Crippen molar-refractivity contribution in [2.45, 2.75) is 52.4 Å².